The summed E-state index contributed by atoms with van der Waals surface area (Å²) in [5, 5.41) is 5.14. The summed E-state index contributed by atoms with van der Waals surface area (Å²) >= 11 is 1.63. The molecular weight excluding hydrogens is 444 g/mol. The summed E-state index contributed by atoms with van der Waals surface area (Å²) in [6.07, 6.45) is 5.38. The molecule has 0 bridgehead atoms. The fraction of sp³-hybridized carbons (Fsp3) is 0.0769. The SMILES string of the molecule is CC(=NNC(=O)c1ccc(CSc2nc3ccccc3[nH]2)cc1)c1ccc(-n2ccnc2)cc1. The van der Waals surface area contributed by atoms with Crippen LogP contribution in [0.3, 0.4) is 0 Å². The van der Waals surface area contributed by atoms with Crippen molar-refractivity contribution in [3.63, 3.8) is 0 Å². The van der Waals surface area contributed by atoms with Gasteiger partial charge in [-0.25, -0.2) is 15.4 Å². The van der Waals surface area contributed by atoms with Crippen LogP contribution in [0, 0.1) is 0 Å². The molecule has 0 radical (unpaired) electrons. The Morgan fingerprint density at radius 3 is 2.53 bits per heavy atom. The Labute approximate surface area is 201 Å². The number of aromatic amines is 1. The van der Waals surface area contributed by atoms with Gasteiger partial charge in [0.2, 0.25) is 0 Å². The Balaban J connectivity index is 1.17. The zero-order chi connectivity index (χ0) is 23.3. The third-order valence-corrected chi connectivity index (χ3v) is 6.32. The largest absolute Gasteiger partial charge is 0.333 e. The standard InChI is InChI=1S/C26H22N6OS/c1-18(20-10-12-22(13-11-20)32-15-14-27-17-32)30-31-25(33)21-8-6-19(7-9-21)16-34-26-28-23-4-2-3-5-24(23)29-26/h2-15,17H,16H2,1H3,(H,28,29)(H,31,33). The van der Waals surface area contributed by atoms with E-state index in [1.165, 1.54) is 0 Å². The number of carbonyl (C=O) groups is 1. The number of carbonyl (C=O) groups excluding carboxylic acids is 1. The monoisotopic (exact) mass is 466 g/mol. The lowest BCUT2D eigenvalue weighted by atomic mass is 10.1. The molecule has 2 aromatic heterocycles. The zero-order valence-corrected chi connectivity index (χ0v) is 19.3. The molecular formula is C26H22N6OS. The predicted octanol–water partition coefficient (Wildman–Crippen LogP) is 5.19. The summed E-state index contributed by atoms with van der Waals surface area (Å²) in [4.78, 5) is 24.5. The Kier molecular flexibility index (Phi) is 6.22. The van der Waals surface area contributed by atoms with E-state index in [-0.39, 0.29) is 5.91 Å². The first kappa shape index (κ1) is 21.7. The number of thioether (sulfide) groups is 1. The van der Waals surface area contributed by atoms with Gasteiger partial charge in [-0.1, -0.05) is 48.2 Å². The van der Waals surface area contributed by atoms with E-state index in [0.29, 0.717) is 5.56 Å². The van der Waals surface area contributed by atoms with E-state index in [9.17, 15) is 4.79 Å². The highest BCUT2D eigenvalue weighted by atomic mass is 32.2. The molecule has 1 amide bonds. The van der Waals surface area contributed by atoms with E-state index in [1.54, 1.807) is 24.3 Å². The number of aromatic nitrogens is 4. The van der Waals surface area contributed by atoms with Crippen LogP contribution in [-0.2, 0) is 5.75 Å². The van der Waals surface area contributed by atoms with Crippen molar-refractivity contribution in [2.75, 3.05) is 0 Å². The van der Waals surface area contributed by atoms with Gasteiger partial charge in [0.25, 0.3) is 5.91 Å². The molecule has 8 heteroatoms. The Hall–Kier alpha value is -4.17. The topological polar surface area (TPSA) is 88.0 Å². The molecule has 168 valence electrons. The van der Waals surface area contributed by atoms with Crippen molar-refractivity contribution in [3.8, 4) is 5.69 Å². The first-order chi connectivity index (χ1) is 16.7. The number of rotatable bonds is 7. The Bertz CT molecular complexity index is 1400. The van der Waals surface area contributed by atoms with Gasteiger partial charge in [-0.15, -0.1) is 0 Å². The molecule has 7 nitrogen and oxygen atoms in total. The molecule has 0 aliphatic heterocycles. The second-order valence-electron chi connectivity index (χ2n) is 7.70. The minimum Gasteiger partial charge on any atom is -0.333 e. The molecule has 2 heterocycles. The first-order valence-electron chi connectivity index (χ1n) is 10.8. The second kappa shape index (κ2) is 9.76. The molecule has 0 spiro atoms. The zero-order valence-electron chi connectivity index (χ0n) is 18.5. The minimum absolute atomic E-state index is 0.245. The molecule has 3 aromatic carbocycles. The smallest absolute Gasteiger partial charge is 0.271 e. The number of hydrogen-bond acceptors (Lipinski definition) is 5. The third kappa shape index (κ3) is 4.92. The van der Waals surface area contributed by atoms with Crippen molar-refractivity contribution < 1.29 is 4.79 Å². The number of fused-ring (bicyclic) bond motifs is 1. The number of hydrazone groups is 1. The normalized spacial score (nSPS) is 11.6. The van der Waals surface area contributed by atoms with Crippen LogP contribution in [0.25, 0.3) is 16.7 Å². The van der Waals surface area contributed by atoms with Gasteiger partial charge in [-0.05, 0) is 54.4 Å². The number of nitrogens with zero attached hydrogens (tertiary/aromatic N) is 4. The number of para-hydroxylation sites is 2. The molecule has 0 saturated heterocycles. The van der Waals surface area contributed by atoms with Crippen LogP contribution in [0.5, 0.6) is 0 Å². The van der Waals surface area contributed by atoms with Gasteiger partial charge >= 0.3 is 0 Å². The number of amides is 1. The second-order valence-corrected chi connectivity index (χ2v) is 8.66. The molecule has 0 aliphatic rings. The van der Waals surface area contributed by atoms with E-state index in [1.807, 2.05) is 90.5 Å². The van der Waals surface area contributed by atoms with Gasteiger partial charge in [-0.2, -0.15) is 5.10 Å². The maximum absolute atomic E-state index is 12.5. The fourth-order valence-corrected chi connectivity index (χ4v) is 4.29. The molecule has 0 aliphatic carbocycles. The molecule has 0 unspecified atom stereocenters. The van der Waals surface area contributed by atoms with Crippen molar-refractivity contribution in [1.82, 2.24) is 24.9 Å². The van der Waals surface area contributed by atoms with Gasteiger partial charge in [0.05, 0.1) is 23.1 Å². The molecule has 0 saturated carbocycles. The van der Waals surface area contributed by atoms with Crippen molar-refractivity contribution in [2.24, 2.45) is 5.10 Å². The maximum atomic E-state index is 12.5. The van der Waals surface area contributed by atoms with Crippen LogP contribution in [0.15, 0.2) is 102 Å². The Morgan fingerprint density at radius 1 is 1.03 bits per heavy atom. The first-order valence-corrected chi connectivity index (χ1v) is 11.7. The summed E-state index contributed by atoms with van der Waals surface area (Å²) in [5.74, 6) is 0.513. The van der Waals surface area contributed by atoms with Crippen LogP contribution >= 0.6 is 11.8 Å². The highest BCUT2D eigenvalue weighted by Crippen LogP contribution is 2.23. The van der Waals surface area contributed by atoms with Gasteiger partial charge in [0.1, 0.15) is 0 Å². The van der Waals surface area contributed by atoms with Gasteiger partial charge in [0, 0.05) is 29.4 Å². The average Bonchev–Trinajstić information content (AvgIpc) is 3.56. The molecule has 34 heavy (non-hydrogen) atoms. The summed E-state index contributed by atoms with van der Waals surface area (Å²) in [5.41, 5.74) is 8.98. The summed E-state index contributed by atoms with van der Waals surface area (Å²) < 4.78 is 1.93. The van der Waals surface area contributed by atoms with E-state index in [0.717, 1.165) is 44.5 Å². The summed E-state index contributed by atoms with van der Waals surface area (Å²) in [6.45, 7) is 1.87. The lowest BCUT2D eigenvalue weighted by molar-refractivity contribution is 0.0955. The highest BCUT2D eigenvalue weighted by Gasteiger charge is 2.07. The minimum atomic E-state index is -0.245. The number of H-pyrrole nitrogens is 1. The number of nitrogens with one attached hydrogen (secondary N) is 2. The van der Waals surface area contributed by atoms with E-state index >= 15 is 0 Å². The highest BCUT2D eigenvalue weighted by molar-refractivity contribution is 7.98. The Morgan fingerprint density at radius 2 is 1.79 bits per heavy atom. The van der Waals surface area contributed by atoms with E-state index < -0.39 is 0 Å². The quantitative estimate of drug-likeness (QED) is 0.196. The van der Waals surface area contributed by atoms with E-state index in [4.69, 9.17) is 0 Å². The third-order valence-electron chi connectivity index (χ3n) is 5.37. The fourth-order valence-electron chi connectivity index (χ4n) is 3.45. The molecule has 2 N–H and O–H groups in total. The molecule has 0 fully saturated rings. The molecule has 5 aromatic rings. The molecule has 5 rings (SSSR count). The average molecular weight is 467 g/mol. The van der Waals surface area contributed by atoms with Crippen molar-refractivity contribution in [2.45, 2.75) is 17.8 Å². The van der Waals surface area contributed by atoms with Crippen molar-refractivity contribution in [3.05, 3.63) is 108 Å². The van der Waals surface area contributed by atoms with Crippen LogP contribution in [0.2, 0.25) is 0 Å². The summed E-state index contributed by atoms with van der Waals surface area (Å²) in [7, 11) is 0. The predicted molar refractivity (Wildman–Crippen MR) is 135 cm³/mol. The summed E-state index contributed by atoms with van der Waals surface area (Å²) in [6, 6.07) is 23.4. The molecule has 0 atom stereocenters. The van der Waals surface area contributed by atoms with Gasteiger partial charge in [-0.3, -0.25) is 4.79 Å². The van der Waals surface area contributed by atoms with Crippen LogP contribution in [0.4, 0.5) is 0 Å². The number of benzene rings is 3. The van der Waals surface area contributed by atoms with Crippen LogP contribution in [0.1, 0.15) is 28.4 Å². The number of imidazole rings is 2. The maximum Gasteiger partial charge on any atom is 0.271 e. The van der Waals surface area contributed by atoms with Crippen LogP contribution in [-0.4, -0.2) is 31.1 Å². The van der Waals surface area contributed by atoms with Crippen LogP contribution < -0.4 is 5.43 Å². The van der Waals surface area contributed by atoms with Gasteiger partial charge < -0.3 is 9.55 Å². The van der Waals surface area contributed by atoms with Crippen molar-refractivity contribution >= 4 is 34.4 Å². The van der Waals surface area contributed by atoms with Crippen molar-refractivity contribution in [1.29, 1.82) is 0 Å². The van der Waals surface area contributed by atoms with E-state index in [2.05, 4.69) is 25.5 Å². The number of hydrogen-bond donors (Lipinski definition) is 2. The van der Waals surface area contributed by atoms with Gasteiger partial charge in [0.15, 0.2) is 5.16 Å². The lowest BCUT2D eigenvalue weighted by Gasteiger charge is -2.06. The lowest BCUT2D eigenvalue weighted by Crippen LogP contribution is -2.19.